The number of thiocarbonyl (C=S) groups is 1. The van der Waals surface area contributed by atoms with E-state index >= 15 is 0 Å². The predicted molar refractivity (Wildman–Crippen MR) is 141 cm³/mol. The van der Waals surface area contributed by atoms with Gasteiger partial charge >= 0.3 is 0 Å². The lowest BCUT2D eigenvalue weighted by Gasteiger charge is -2.14. The molecule has 0 spiro atoms. The quantitative estimate of drug-likeness (QED) is 0.260. The van der Waals surface area contributed by atoms with Crippen molar-refractivity contribution in [1.82, 2.24) is 14.3 Å². The Morgan fingerprint density at radius 1 is 1.12 bits per heavy atom. The molecule has 1 aliphatic heterocycles. The molecule has 0 saturated carbocycles. The van der Waals surface area contributed by atoms with Gasteiger partial charge in [0.25, 0.3) is 11.5 Å². The topological polar surface area (TPSA) is 75.9 Å². The Morgan fingerprint density at radius 2 is 1.91 bits per heavy atom. The van der Waals surface area contributed by atoms with Crippen LogP contribution < -0.4 is 10.9 Å². The molecule has 176 valence electrons. The van der Waals surface area contributed by atoms with Crippen LogP contribution in [0.3, 0.4) is 0 Å². The molecule has 0 atom stereocenters. The zero-order chi connectivity index (χ0) is 23.9. The maximum atomic E-state index is 13.3. The number of nitrogens with one attached hydrogen (secondary N) is 1. The minimum atomic E-state index is -0.241. The molecule has 2 aromatic heterocycles. The number of carbonyl (C=O) groups excluding carboxylic acids is 1. The molecule has 3 aromatic rings. The van der Waals surface area contributed by atoms with E-state index in [1.807, 2.05) is 24.3 Å². The van der Waals surface area contributed by atoms with Gasteiger partial charge in [0.05, 0.1) is 10.5 Å². The van der Waals surface area contributed by atoms with E-state index in [-0.39, 0.29) is 11.5 Å². The number of aromatic nitrogens is 2. The van der Waals surface area contributed by atoms with E-state index in [2.05, 4.69) is 22.4 Å². The molecule has 3 heterocycles. The summed E-state index contributed by atoms with van der Waals surface area (Å²) in [5.41, 5.74) is 1.86. The molecule has 9 heteroatoms. The maximum absolute atomic E-state index is 13.3. The van der Waals surface area contributed by atoms with Crippen molar-refractivity contribution in [2.24, 2.45) is 0 Å². The van der Waals surface area contributed by atoms with Crippen molar-refractivity contribution in [3.8, 4) is 0 Å². The van der Waals surface area contributed by atoms with E-state index in [0.29, 0.717) is 46.0 Å². The highest BCUT2D eigenvalue weighted by Gasteiger charge is 2.32. The van der Waals surface area contributed by atoms with Crippen molar-refractivity contribution < 1.29 is 9.53 Å². The minimum Gasteiger partial charge on any atom is -0.385 e. The van der Waals surface area contributed by atoms with Crippen LogP contribution in [0, 0.1) is 0 Å². The standard InChI is InChI=1S/C25H26N4O3S2/c1-32-16-8-13-26-22-19(23(30)28-14-6-5-12-21(28)27-22)17-20-24(31)29(25(33)34-20)15-7-11-18-9-3-2-4-10-18/h2-6,9-10,12,14,17,26H,7-8,11,13,15-16H2,1H3. The van der Waals surface area contributed by atoms with Gasteiger partial charge in [0.2, 0.25) is 0 Å². The number of aryl methyl sites for hydroxylation is 1. The van der Waals surface area contributed by atoms with Gasteiger partial charge in [-0.1, -0.05) is 60.4 Å². The zero-order valence-corrected chi connectivity index (χ0v) is 20.5. The van der Waals surface area contributed by atoms with Crippen LogP contribution in [-0.4, -0.2) is 51.3 Å². The number of hydrogen-bond donors (Lipinski definition) is 1. The number of amides is 1. The first-order valence-electron chi connectivity index (χ1n) is 11.1. The fraction of sp³-hybridized carbons (Fsp3) is 0.280. The van der Waals surface area contributed by atoms with Gasteiger partial charge in [0.1, 0.15) is 15.8 Å². The van der Waals surface area contributed by atoms with E-state index in [1.165, 1.54) is 21.7 Å². The largest absolute Gasteiger partial charge is 0.385 e. The van der Waals surface area contributed by atoms with E-state index < -0.39 is 0 Å². The Kier molecular flexibility index (Phi) is 8.10. The van der Waals surface area contributed by atoms with Gasteiger partial charge < -0.3 is 10.1 Å². The summed E-state index contributed by atoms with van der Waals surface area (Å²) < 4.78 is 7.09. The lowest BCUT2D eigenvalue weighted by atomic mass is 10.1. The van der Waals surface area contributed by atoms with E-state index in [9.17, 15) is 9.59 Å². The van der Waals surface area contributed by atoms with Crippen LogP contribution in [-0.2, 0) is 16.0 Å². The molecular weight excluding hydrogens is 468 g/mol. The lowest BCUT2D eigenvalue weighted by Crippen LogP contribution is -2.29. The van der Waals surface area contributed by atoms with Gasteiger partial charge in [-0.25, -0.2) is 4.98 Å². The molecule has 1 fully saturated rings. The molecule has 1 amide bonds. The SMILES string of the molecule is COCCCNc1nc2ccccn2c(=O)c1C=C1SC(=S)N(CCCc2ccccc2)C1=O. The summed E-state index contributed by atoms with van der Waals surface area (Å²) in [6, 6.07) is 15.5. The molecule has 0 aliphatic carbocycles. The van der Waals surface area contributed by atoms with Gasteiger partial charge in [0, 0.05) is 33.0 Å². The highest BCUT2D eigenvalue weighted by molar-refractivity contribution is 8.26. The van der Waals surface area contributed by atoms with E-state index in [4.69, 9.17) is 17.0 Å². The van der Waals surface area contributed by atoms with Crippen molar-refractivity contribution in [2.75, 3.05) is 32.1 Å². The molecule has 1 aromatic carbocycles. The first-order chi connectivity index (χ1) is 16.6. The number of thioether (sulfide) groups is 1. The molecule has 34 heavy (non-hydrogen) atoms. The number of fused-ring (bicyclic) bond motifs is 1. The van der Waals surface area contributed by atoms with Crippen molar-refractivity contribution in [3.05, 3.63) is 81.1 Å². The first-order valence-corrected chi connectivity index (χ1v) is 12.3. The second-order valence-corrected chi connectivity index (χ2v) is 9.48. The third-order valence-electron chi connectivity index (χ3n) is 5.43. The summed E-state index contributed by atoms with van der Waals surface area (Å²) >= 11 is 6.70. The maximum Gasteiger partial charge on any atom is 0.267 e. The molecule has 0 bridgehead atoms. The Hall–Kier alpha value is -3.01. The molecule has 0 radical (unpaired) electrons. The van der Waals surface area contributed by atoms with Gasteiger partial charge in [-0.05, 0) is 43.0 Å². The average Bonchev–Trinajstić information content (AvgIpc) is 3.12. The Bertz CT molecular complexity index is 1270. The van der Waals surface area contributed by atoms with Crippen LogP contribution in [0.25, 0.3) is 11.7 Å². The number of nitrogens with zero attached hydrogens (tertiary/aromatic N) is 3. The fourth-order valence-corrected chi connectivity index (χ4v) is 4.99. The third kappa shape index (κ3) is 5.55. The van der Waals surface area contributed by atoms with Crippen molar-refractivity contribution in [2.45, 2.75) is 19.3 Å². The van der Waals surface area contributed by atoms with Gasteiger partial charge in [0.15, 0.2) is 0 Å². The average molecular weight is 495 g/mol. The summed E-state index contributed by atoms with van der Waals surface area (Å²) in [5, 5.41) is 3.23. The molecule has 1 saturated heterocycles. The van der Waals surface area contributed by atoms with E-state index in [1.54, 1.807) is 36.4 Å². The predicted octanol–water partition coefficient (Wildman–Crippen LogP) is 3.98. The molecule has 7 nitrogen and oxygen atoms in total. The van der Waals surface area contributed by atoms with Crippen LogP contribution in [0.5, 0.6) is 0 Å². The Morgan fingerprint density at radius 3 is 2.71 bits per heavy atom. The molecule has 1 aliphatic rings. The number of ether oxygens (including phenoxy) is 1. The number of methoxy groups -OCH3 is 1. The molecule has 4 rings (SSSR count). The first kappa shape index (κ1) is 24.1. The summed E-state index contributed by atoms with van der Waals surface area (Å²) in [4.78, 5) is 33.1. The van der Waals surface area contributed by atoms with Crippen LogP contribution in [0.2, 0.25) is 0 Å². The van der Waals surface area contributed by atoms with Crippen LogP contribution >= 0.6 is 24.0 Å². The Labute approximate surface area is 207 Å². The number of rotatable bonds is 10. The van der Waals surface area contributed by atoms with Crippen molar-refractivity contribution >= 4 is 51.7 Å². The minimum absolute atomic E-state index is 0.175. The smallest absolute Gasteiger partial charge is 0.267 e. The van der Waals surface area contributed by atoms with Gasteiger partial charge in [-0.3, -0.25) is 18.9 Å². The fourth-order valence-electron chi connectivity index (χ4n) is 3.70. The highest BCUT2D eigenvalue weighted by Crippen LogP contribution is 2.33. The van der Waals surface area contributed by atoms with Crippen molar-refractivity contribution in [3.63, 3.8) is 0 Å². The number of hydrogen-bond acceptors (Lipinski definition) is 7. The summed E-state index contributed by atoms with van der Waals surface area (Å²) in [6.45, 7) is 1.72. The van der Waals surface area contributed by atoms with Gasteiger partial charge in [-0.15, -0.1) is 0 Å². The Balaban J connectivity index is 1.57. The number of carbonyl (C=O) groups is 1. The molecule has 0 unspecified atom stereocenters. The zero-order valence-electron chi connectivity index (χ0n) is 18.9. The molecule has 1 N–H and O–H groups in total. The third-order valence-corrected chi connectivity index (χ3v) is 6.80. The van der Waals surface area contributed by atoms with Gasteiger partial charge in [-0.2, -0.15) is 0 Å². The monoisotopic (exact) mass is 494 g/mol. The van der Waals surface area contributed by atoms with Crippen molar-refractivity contribution in [1.29, 1.82) is 0 Å². The van der Waals surface area contributed by atoms with Crippen LogP contribution in [0.4, 0.5) is 5.82 Å². The summed E-state index contributed by atoms with van der Waals surface area (Å²) in [5.74, 6) is 0.271. The summed E-state index contributed by atoms with van der Waals surface area (Å²) in [6.07, 6.45) is 5.71. The second kappa shape index (κ2) is 11.4. The normalized spacial score (nSPS) is 15.0. The number of benzene rings is 1. The number of pyridine rings is 1. The van der Waals surface area contributed by atoms with Crippen LogP contribution in [0.1, 0.15) is 24.0 Å². The lowest BCUT2D eigenvalue weighted by molar-refractivity contribution is -0.122. The highest BCUT2D eigenvalue weighted by atomic mass is 32.2. The van der Waals surface area contributed by atoms with Crippen LogP contribution in [0.15, 0.2) is 64.4 Å². The molecular formula is C25H26N4O3S2. The summed E-state index contributed by atoms with van der Waals surface area (Å²) in [7, 11) is 1.65. The second-order valence-electron chi connectivity index (χ2n) is 7.80. The van der Waals surface area contributed by atoms with E-state index in [0.717, 1.165) is 19.3 Å². The number of anilines is 1.